The fourth-order valence-corrected chi connectivity index (χ4v) is 0.761. The van der Waals surface area contributed by atoms with E-state index >= 15 is 0 Å². The van der Waals surface area contributed by atoms with Crippen LogP contribution in [0, 0.1) is 20.2 Å². The standard InChI is InChI=1S/C6H6N4O4/c1-8(10(13)14)6-3-2-5(4-7-6)9(11)12/h2-4H,1H3. The molecule has 14 heavy (non-hydrogen) atoms. The van der Waals surface area contributed by atoms with Crippen molar-refractivity contribution in [2.24, 2.45) is 0 Å². The minimum Gasteiger partial charge on any atom is -0.258 e. The normalized spacial score (nSPS) is 9.50. The van der Waals surface area contributed by atoms with E-state index in [1.165, 1.54) is 13.1 Å². The third-order valence-corrected chi connectivity index (χ3v) is 1.52. The smallest absolute Gasteiger partial charge is 0.258 e. The molecule has 1 rings (SSSR count). The number of anilines is 1. The number of aromatic nitrogens is 1. The summed E-state index contributed by atoms with van der Waals surface area (Å²) >= 11 is 0. The fourth-order valence-electron chi connectivity index (χ4n) is 0.761. The lowest BCUT2D eigenvalue weighted by atomic mass is 10.4. The van der Waals surface area contributed by atoms with Gasteiger partial charge < -0.3 is 0 Å². The SMILES string of the molecule is CN(c1ccc([N+](=O)[O-])cn1)[N+](=O)[O-]. The first-order chi connectivity index (χ1) is 6.52. The van der Waals surface area contributed by atoms with Crippen molar-refractivity contribution in [3.8, 4) is 0 Å². The van der Waals surface area contributed by atoms with Crippen molar-refractivity contribution < 1.29 is 9.96 Å². The molecule has 0 spiro atoms. The molecule has 0 aromatic carbocycles. The summed E-state index contributed by atoms with van der Waals surface area (Å²) in [5, 5.41) is 20.5. The number of nitro groups is 2. The second-order valence-corrected chi connectivity index (χ2v) is 2.39. The lowest BCUT2D eigenvalue weighted by molar-refractivity contribution is -0.490. The Hall–Kier alpha value is -2.25. The van der Waals surface area contributed by atoms with Gasteiger partial charge in [0.05, 0.1) is 12.0 Å². The zero-order chi connectivity index (χ0) is 10.7. The molecule has 74 valence electrons. The third kappa shape index (κ3) is 1.91. The van der Waals surface area contributed by atoms with Crippen molar-refractivity contribution in [2.45, 2.75) is 0 Å². The van der Waals surface area contributed by atoms with Gasteiger partial charge >= 0.3 is 0 Å². The van der Waals surface area contributed by atoms with Gasteiger partial charge in [0.15, 0.2) is 10.9 Å². The Morgan fingerprint density at radius 3 is 2.36 bits per heavy atom. The van der Waals surface area contributed by atoms with E-state index in [2.05, 4.69) is 4.98 Å². The summed E-state index contributed by atoms with van der Waals surface area (Å²) in [6.07, 6.45) is 0.968. The summed E-state index contributed by atoms with van der Waals surface area (Å²) in [6, 6.07) is 2.36. The minimum absolute atomic E-state index is 0.0422. The highest BCUT2D eigenvalue weighted by Gasteiger charge is 2.13. The summed E-state index contributed by atoms with van der Waals surface area (Å²) in [5.41, 5.74) is -0.203. The highest BCUT2D eigenvalue weighted by molar-refractivity contribution is 5.39. The Bertz CT molecular complexity index is 363. The van der Waals surface area contributed by atoms with Gasteiger partial charge in [-0.05, 0) is 6.07 Å². The van der Waals surface area contributed by atoms with Crippen LogP contribution < -0.4 is 5.01 Å². The molecule has 1 aromatic heterocycles. The van der Waals surface area contributed by atoms with Crippen LogP contribution in [-0.4, -0.2) is 22.0 Å². The molecule has 8 heteroatoms. The Labute approximate surface area is 78.1 Å². The highest BCUT2D eigenvalue weighted by Crippen LogP contribution is 2.14. The van der Waals surface area contributed by atoms with E-state index in [1.807, 2.05) is 0 Å². The van der Waals surface area contributed by atoms with Crippen LogP contribution >= 0.6 is 0 Å². The van der Waals surface area contributed by atoms with Crippen LogP contribution in [0.3, 0.4) is 0 Å². The zero-order valence-corrected chi connectivity index (χ0v) is 7.15. The average molecular weight is 198 g/mol. The Morgan fingerprint density at radius 2 is 2.00 bits per heavy atom. The molecule has 0 aliphatic carbocycles. The van der Waals surface area contributed by atoms with Crippen molar-refractivity contribution in [3.05, 3.63) is 38.6 Å². The first-order valence-corrected chi connectivity index (χ1v) is 3.51. The fraction of sp³-hybridized carbons (Fsp3) is 0.167. The predicted octanol–water partition coefficient (Wildman–Crippen LogP) is 0.618. The summed E-state index contributed by atoms with van der Waals surface area (Å²) in [6.45, 7) is 0. The lowest BCUT2D eigenvalue weighted by Gasteiger charge is -2.05. The van der Waals surface area contributed by atoms with E-state index in [4.69, 9.17) is 0 Å². The van der Waals surface area contributed by atoms with E-state index in [0.717, 1.165) is 12.3 Å². The summed E-state index contributed by atoms with van der Waals surface area (Å²) in [4.78, 5) is 23.5. The molecule has 8 nitrogen and oxygen atoms in total. The largest absolute Gasteiger partial charge is 0.287 e. The lowest BCUT2D eigenvalue weighted by Crippen LogP contribution is -2.25. The van der Waals surface area contributed by atoms with Crippen LogP contribution in [-0.2, 0) is 0 Å². The van der Waals surface area contributed by atoms with Crippen LogP contribution in [0.25, 0.3) is 0 Å². The number of nitrogens with zero attached hydrogens (tertiary/aromatic N) is 4. The van der Waals surface area contributed by atoms with Crippen LogP contribution in [0.15, 0.2) is 18.3 Å². The molecule has 0 unspecified atom stereocenters. The van der Waals surface area contributed by atoms with Gasteiger partial charge in [-0.25, -0.2) is 15.1 Å². The molecule has 0 amide bonds. The minimum atomic E-state index is -0.672. The molecular weight excluding hydrogens is 192 g/mol. The van der Waals surface area contributed by atoms with Crippen molar-refractivity contribution in [3.63, 3.8) is 0 Å². The van der Waals surface area contributed by atoms with Gasteiger partial charge in [0, 0.05) is 6.07 Å². The molecule has 0 fully saturated rings. The topological polar surface area (TPSA) is 102 Å². The maximum absolute atomic E-state index is 10.3. The maximum atomic E-state index is 10.3. The van der Waals surface area contributed by atoms with E-state index in [-0.39, 0.29) is 11.5 Å². The van der Waals surface area contributed by atoms with Gasteiger partial charge in [-0.2, -0.15) is 0 Å². The number of pyridine rings is 1. The van der Waals surface area contributed by atoms with Gasteiger partial charge in [0.2, 0.25) is 0 Å². The molecule has 0 N–H and O–H groups in total. The van der Waals surface area contributed by atoms with Crippen molar-refractivity contribution >= 4 is 11.5 Å². The molecule has 0 saturated heterocycles. The first kappa shape index (κ1) is 9.84. The summed E-state index contributed by atoms with van der Waals surface area (Å²) in [5.74, 6) is 0.0422. The van der Waals surface area contributed by atoms with E-state index < -0.39 is 9.96 Å². The second-order valence-electron chi connectivity index (χ2n) is 2.39. The van der Waals surface area contributed by atoms with E-state index in [1.54, 1.807) is 0 Å². The van der Waals surface area contributed by atoms with Gasteiger partial charge in [0.1, 0.15) is 6.20 Å². The van der Waals surface area contributed by atoms with Crippen molar-refractivity contribution in [1.82, 2.24) is 4.98 Å². The summed E-state index contributed by atoms with van der Waals surface area (Å²) < 4.78 is 0. The van der Waals surface area contributed by atoms with Gasteiger partial charge in [-0.3, -0.25) is 10.1 Å². The van der Waals surface area contributed by atoms with Crippen LogP contribution in [0.4, 0.5) is 11.5 Å². The van der Waals surface area contributed by atoms with E-state index in [9.17, 15) is 20.2 Å². The van der Waals surface area contributed by atoms with Gasteiger partial charge in [0.25, 0.3) is 5.69 Å². The number of rotatable bonds is 3. The first-order valence-electron chi connectivity index (χ1n) is 3.51. The number of hydrogen-bond donors (Lipinski definition) is 0. The third-order valence-electron chi connectivity index (χ3n) is 1.52. The molecule has 0 aliphatic heterocycles. The van der Waals surface area contributed by atoms with Gasteiger partial charge in [-0.1, -0.05) is 5.01 Å². The maximum Gasteiger partial charge on any atom is 0.287 e. The van der Waals surface area contributed by atoms with Crippen LogP contribution in [0.1, 0.15) is 0 Å². The second kappa shape index (κ2) is 3.64. The van der Waals surface area contributed by atoms with Crippen molar-refractivity contribution in [1.29, 1.82) is 0 Å². The molecule has 0 aliphatic rings. The van der Waals surface area contributed by atoms with E-state index in [0.29, 0.717) is 5.01 Å². The Balaban J connectivity index is 2.94. The molecule has 0 radical (unpaired) electrons. The Morgan fingerprint density at radius 1 is 1.36 bits per heavy atom. The molecular formula is C6H6N4O4. The average Bonchev–Trinajstić information content (AvgIpc) is 2.16. The number of hydrazine groups is 1. The quantitative estimate of drug-likeness (QED) is 0.520. The molecule has 0 saturated carbocycles. The van der Waals surface area contributed by atoms with Crippen molar-refractivity contribution in [2.75, 3.05) is 12.1 Å². The van der Waals surface area contributed by atoms with Crippen LogP contribution in [0.2, 0.25) is 0 Å². The molecule has 0 atom stereocenters. The summed E-state index contributed by atoms with van der Waals surface area (Å²) in [7, 11) is 1.20. The molecule has 0 bridgehead atoms. The highest BCUT2D eigenvalue weighted by atomic mass is 16.7. The zero-order valence-electron chi connectivity index (χ0n) is 7.15. The predicted molar refractivity (Wildman–Crippen MR) is 46.3 cm³/mol. The molecule has 1 aromatic rings. The van der Waals surface area contributed by atoms with Gasteiger partial charge in [-0.15, -0.1) is 0 Å². The van der Waals surface area contributed by atoms with Crippen LogP contribution in [0.5, 0.6) is 0 Å². The monoisotopic (exact) mass is 198 g/mol. The molecule has 1 heterocycles. The number of hydrogen-bond acceptors (Lipinski definition) is 5. The Kier molecular flexibility index (Phi) is 2.56.